The lowest BCUT2D eigenvalue weighted by Crippen LogP contribution is -2.26. The number of benzene rings is 2. The summed E-state index contributed by atoms with van der Waals surface area (Å²) in [6.07, 6.45) is -1.17. The first kappa shape index (κ1) is 16.9. The van der Waals surface area contributed by atoms with Crippen LogP contribution in [0.5, 0.6) is 5.88 Å². The highest BCUT2D eigenvalue weighted by atomic mass is 35.5. The molecule has 3 aromatic rings. The number of ether oxygens (including phenoxy) is 1. The molecule has 1 amide bonds. The smallest absolute Gasteiger partial charge is 0.417 e. The molecule has 7 heteroatoms. The lowest BCUT2D eigenvalue weighted by molar-refractivity contribution is 0.204. The van der Waals surface area contributed by atoms with Crippen LogP contribution in [0.3, 0.4) is 0 Å². The maximum absolute atomic E-state index is 12.0. The van der Waals surface area contributed by atoms with Gasteiger partial charge in [0.15, 0.2) is 5.82 Å². The molecule has 0 spiro atoms. The molecule has 1 N–H and O–H groups in total. The fourth-order valence-corrected chi connectivity index (χ4v) is 2.70. The summed E-state index contributed by atoms with van der Waals surface area (Å²) in [5.41, 5.74) is 1.13. The van der Waals surface area contributed by atoms with Crippen molar-refractivity contribution in [1.82, 2.24) is 9.78 Å². The molecule has 6 nitrogen and oxygen atoms in total. The Morgan fingerprint density at radius 3 is 2.32 bits per heavy atom. The van der Waals surface area contributed by atoms with Crippen molar-refractivity contribution in [3.05, 3.63) is 65.7 Å². The van der Waals surface area contributed by atoms with Gasteiger partial charge in [-0.1, -0.05) is 48.0 Å². The number of halogens is 1. The van der Waals surface area contributed by atoms with Crippen LogP contribution in [-0.2, 0) is 0 Å². The highest BCUT2D eigenvalue weighted by Gasteiger charge is 2.28. The van der Waals surface area contributed by atoms with Gasteiger partial charge in [0.25, 0.3) is 5.88 Å². The standard InChI is InChI=1S/C18H16ClN3O3/c1-2-25-16-15(19)17(22(20-16)14-11-7-4-8-12-14)21(18(23)24)13-9-5-3-6-10-13/h3-12H,2H2,1H3,(H,23,24). The quantitative estimate of drug-likeness (QED) is 0.716. The minimum Gasteiger partial charge on any atom is -0.476 e. The Hall–Kier alpha value is -2.99. The van der Waals surface area contributed by atoms with Crippen LogP contribution in [0, 0.1) is 0 Å². The first-order valence-electron chi connectivity index (χ1n) is 7.68. The van der Waals surface area contributed by atoms with Crippen LogP contribution in [0.25, 0.3) is 5.69 Å². The third-order valence-electron chi connectivity index (χ3n) is 3.47. The van der Waals surface area contributed by atoms with E-state index in [1.54, 1.807) is 24.3 Å². The highest BCUT2D eigenvalue weighted by Crippen LogP contribution is 2.39. The fraction of sp³-hybridized carbons (Fsp3) is 0.111. The molecule has 0 unspecified atom stereocenters. The topological polar surface area (TPSA) is 67.6 Å². The van der Waals surface area contributed by atoms with Crippen LogP contribution in [0.15, 0.2) is 60.7 Å². The summed E-state index contributed by atoms with van der Waals surface area (Å²) in [5.74, 6) is 0.389. The molecular formula is C18H16ClN3O3. The molecule has 0 radical (unpaired) electrons. The molecular weight excluding hydrogens is 342 g/mol. The molecule has 0 saturated carbocycles. The first-order chi connectivity index (χ1) is 12.1. The van der Waals surface area contributed by atoms with Gasteiger partial charge in [0.05, 0.1) is 18.0 Å². The Kier molecular flexibility index (Phi) is 4.90. The maximum atomic E-state index is 12.0. The largest absolute Gasteiger partial charge is 0.476 e. The number of anilines is 2. The predicted octanol–water partition coefficient (Wildman–Crippen LogP) is 4.74. The minimum atomic E-state index is -1.17. The van der Waals surface area contributed by atoms with Gasteiger partial charge >= 0.3 is 6.09 Å². The van der Waals surface area contributed by atoms with E-state index >= 15 is 0 Å². The molecule has 25 heavy (non-hydrogen) atoms. The van der Waals surface area contributed by atoms with Crippen molar-refractivity contribution in [2.75, 3.05) is 11.5 Å². The second kappa shape index (κ2) is 7.27. The van der Waals surface area contributed by atoms with Crippen molar-refractivity contribution in [2.24, 2.45) is 0 Å². The molecule has 2 aromatic carbocycles. The average molecular weight is 358 g/mol. The van der Waals surface area contributed by atoms with Crippen LogP contribution < -0.4 is 9.64 Å². The van der Waals surface area contributed by atoms with Crippen molar-refractivity contribution < 1.29 is 14.6 Å². The van der Waals surface area contributed by atoms with Gasteiger partial charge in [-0.05, 0) is 31.2 Å². The fourth-order valence-electron chi connectivity index (χ4n) is 2.44. The van der Waals surface area contributed by atoms with E-state index in [0.29, 0.717) is 18.0 Å². The summed E-state index contributed by atoms with van der Waals surface area (Å²) < 4.78 is 6.93. The number of hydrogen-bond acceptors (Lipinski definition) is 3. The van der Waals surface area contributed by atoms with E-state index in [1.807, 2.05) is 43.3 Å². The van der Waals surface area contributed by atoms with E-state index in [-0.39, 0.29) is 16.7 Å². The van der Waals surface area contributed by atoms with E-state index in [2.05, 4.69) is 5.10 Å². The molecule has 0 fully saturated rings. The van der Waals surface area contributed by atoms with Crippen molar-refractivity contribution in [3.63, 3.8) is 0 Å². The van der Waals surface area contributed by atoms with Crippen LogP contribution in [0.1, 0.15) is 6.92 Å². The number of amides is 1. The lowest BCUT2D eigenvalue weighted by atomic mass is 10.3. The van der Waals surface area contributed by atoms with Gasteiger partial charge in [-0.2, -0.15) is 0 Å². The monoisotopic (exact) mass is 357 g/mol. The number of nitrogens with zero attached hydrogens (tertiary/aromatic N) is 3. The van der Waals surface area contributed by atoms with Crippen molar-refractivity contribution in [3.8, 4) is 11.6 Å². The third-order valence-corrected chi connectivity index (χ3v) is 3.81. The minimum absolute atomic E-state index is 0.136. The van der Waals surface area contributed by atoms with Gasteiger partial charge in [-0.15, -0.1) is 5.10 Å². The van der Waals surface area contributed by atoms with Gasteiger partial charge in [-0.25, -0.2) is 14.4 Å². The zero-order chi connectivity index (χ0) is 17.8. The highest BCUT2D eigenvalue weighted by molar-refractivity contribution is 6.35. The molecule has 128 valence electrons. The molecule has 0 saturated heterocycles. The van der Waals surface area contributed by atoms with Crippen LogP contribution in [0.2, 0.25) is 5.02 Å². The van der Waals surface area contributed by atoms with Crippen LogP contribution >= 0.6 is 11.6 Å². The number of rotatable bonds is 5. The Morgan fingerprint density at radius 1 is 1.16 bits per heavy atom. The number of carboxylic acid groups (broad SMARTS) is 1. The molecule has 0 aliphatic rings. The van der Waals surface area contributed by atoms with Gasteiger partial charge in [0.2, 0.25) is 0 Å². The first-order valence-corrected chi connectivity index (χ1v) is 8.06. The van der Waals surface area contributed by atoms with Gasteiger partial charge in [0.1, 0.15) is 5.02 Å². The average Bonchev–Trinajstić information content (AvgIpc) is 2.94. The number of carbonyl (C=O) groups is 1. The van der Waals surface area contributed by atoms with Gasteiger partial charge in [0, 0.05) is 0 Å². The zero-order valence-corrected chi connectivity index (χ0v) is 14.2. The molecule has 3 rings (SSSR count). The van der Waals surface area contributed by atoms with E-state index in [1.165, 1.54) is 4.68 Å². The third kappa shape index (κ3) is 3.29. The zero-order valence-electron chi connectivity index (χ0n) is 13.5. The Bertz CT molecular complexity index is 866. The van der Waals surface area contributed by atoms with E-state index in [0.717, 1.165) is 4.90 Å². The van der Waals surface area contributed by atoms with E-state index < -0.39 is 6.09 Å². The summed E-state index contributed by atoms with van der Waals surface area (Å²) in [6.45, 7) is 2.17. The predicted molar refractivity (Wildman–Crippen MR) is 96.3 cm³/mol. The van der Waals surface area contributed by atoms with Crippen molar-refractivity contribution in [1.29, 1.82) is 0 Å². The Balaban J connectivity index is 2.23. The van der Waals surface area contributed by atoms with Crippen molar-refractivity contribution >= 4 is 29.2 Å². The normalized spacial score (nSPS) is 10.5. The number of para-hydroxylation sites is 2. The van der Waals surface area contributed by atoms with Gasteiger partial charge < -0.3 is 9.84 Å². The molecule has 0 bridgehead atoms. The Morgan fingerprint density at radius 2 is 1.76 bits per heavy atom. The summed E-state index contributed by atoms with van der Waals surface area (Å²) in [6, 6.07) is 17.9. The van der Waals surface area contributed by atoms with Crippen molar-refractivity contribution in [2.45, 2.75) is 6.92 Å². The Labute approximate surface area is 149 Å². The second-order valence-electron chi connectivity index (χ2n) is 5.08. The summed E-state index contributed by atoms with van der Waals surface area (Å²) >= 11 is 6.43. The number of aromatic nitrogens is 2. The second-order valence-corrected chi connectivity index (χ2v) is 5.45. The maximum Gasteiger partial charge on any atom is 0.417 e. The number of hydrogen-bond donors (Lipinski definition) is 1. The van der Waals surface area contributed by atoms with E-state index in [4.69, 9.17) is 16.3 Å². The molecule has 1 heterocycles. The molecule has 0 atom stereocenters. The molecule has 0 aliphatic heterocycles. The molecule has 0 aliphatic carbocycles. The van der Waals surface area contributed by atoms with Gasteiger partial charge in [-0.3, -0.25) is 0 Å². The molecule has 1 aromatic heterocycles. The summed E-state index contributed by atoms with van der Waals surface area (Å²) in [7, 11) is 0. The van der Waals surface area contributed by atoms with Crippen LogP contribution in [0.4, 0.5) is 16.3 Å². The summed E-state index contributed by atoms with van der Waals surface area (Å²) in [5, 5.41) is 14.3. The lowest BCUT2D eigenvalue weighted by Gasteiger charge is -2.20. The van der Waals surface area contributed by atoms with Crippen LogP contribution in [-0.4, -0.2) is 27.6 Å². The SMILES string of the molecule is CCOc1nn(-c2ccccc2)c(N(C(=O)O)c2ccccc2)c1Cl. The summed E-state index contributed by atoms with van der Waals surface area (Å²) in [4.78, 5) is 13.1. The van der Waals surface area contributed by atoms with E-state index in [9.17, 15) is 9.90 Å².